The molecule has 1 aromatic heterocycles. The van der Waals surface area contributed by atoms with Gasteiger partial charge in [0.2, 0.25) is 5.91 Å². The van der Waals surface area contributed by atoms with Crippen LogP contribution in [0, 0.1) is 5.92 Å². The molecule has 0 saturated carbocycles. The highest BCUT2D eigenvalue weighted by atomic mass is 16.5. The number of likely N-dealkylation sites (N-methyl/N-ethyl adjacent to an activating group) is 1. The Balaban J connectivity index is 2.89. The van der Waals surface area contributed by atoms with Gasteiger partial charge in [0.05, 0.1) is 7.11 Å². The smallest absolute Gasteiger partial charge is 0.325 e. The van der Waals surface area contributed by atoms with Crippen molar-refractivity contribution in [3.05, 3.63) is 12.7 Å². The third kappa shape index (κ3) is 3.77. The number of esters is 1. The number of amides is 1. The lowest BCUT2D eigenvalue weighted by molar-refractivity contribution is -0.148. The average molecular weight is 268 g/mol. The SMILES string of the molecule is CCN(CC(=O)OC)C(=O)C(C(C)C)n1cnnc1. The zero-order valence-corrected chi connectivity index (χ0v) is 11.7. The number of aromatic nitrogens is 3. The predicted octanol–water partition coefficient (Wildman–Crippen LogP) is 0.497. The van der Waals surface area contributed by atoms with Crippen LogP contribution >= 0.6 is 0 Å². The van der Waals surface area contributed by atoms with E-state index in [0.717, 1.165) is 0 Å². The summed E-state index contributed by atoms with van der Waals surface area (Å²) in [6.07, 6.45) is 3.02. The van der Waals surface area contributed by atoms with E-state index in [4.69, 9.17) is 0 Å². The maximum atomic E-state index is 12.5. The Morgan fingerprint density at radius 1 is 1.32 bits per heavy atom. The highest BCUT2D eigenvalue weighted by Gasteiger charge is 2.29. The molecule has 0 aromatic carbocycles. The largest absolute Gasteiger partial charge is 0.468 e. The molecular weight excluding hydrogens is 248 g/mol. The zero-order chi connectivity index (χ0) is 14.4. The summed E-state index contributed by atoms with van der Waals surface area (Å²) in [4.78, 5) is 25.3. The van der Waals surface area contributed by atoms with Crippen molar-refractivity contribution < 1.29 is 14.3 Å². The van der Waals surface area contributed by atoms with E-state index < -0.39 is 12.0 Å². The van der Waals surface area contributed by atoms with Gasteiger partial charge >= 0.3 is 5.97 Å². The van der Waals surface area contributed by atoms with Gasteiger partial charge in [0, 0.05) is 6.54 Å². The molecule has 7 nitrogen and oxygen atoms in total. The Bertz CT molecular complexity index is 417. The van der Waals surface area contributed by atoms with Gasteiger partial charge in [-0.05, 0) is 12.8 Å². The van der Waals surface area contributed by atoms with Crippen molar-refractivity contribution in [1.82, 2.24) is 19.7 Å². The summed E-state index contributed by atoms with van der Waals surface area (Å²) in [6.45, 7) is 6.10. The van der Waals surface area contributed by atoms with Crippen molar-refractivity contribution in [2.75, 3.05) is 20.2 Å². The first-order valence-corrected chi connectivity index (χ1v) is 6.21. The minimum atomic E-state index is -0.429. The molecule has 7 heteroatoms. The standard InChI is InChI=1S/C12H20N4O3/c1-5-15(6-10(17)19-4)12(18)11(9(2)3)16-7-13-14-8-16/h7-9,11H,5-6H2,1-4H3. The van der Waals surface area contributed by atoms with Crippen molar-refractivity contribution in [2.45, 2.75) is 26.8 Å². The van der Waals surface area contributed by atoms with Crippen LogP contribution in [-0.2, 0) is 14.3 Å². The topological polar surface area (TPSA) is 77.3 Å². The fraction of sp³-hybridized carbons (Fsp3) is 0.667. The molecule has 1 rings (SSSR count). The molecule has 0 aliphatic rings. The fourth-order valence-corrected chi connectivity index (χ4v) is 1.86. The molecule has 1 atom stereocenters. The van der Waals surface area contributed by atoms with Gasteiger partial charge in [0.25, 0.3) is 0 Å². The number of rotatable bonds is 6. The van der Waals surface area contributed by atoms with Crippen LogP contribution in [0.3, 0.4) is 0 Å². The van der Waals surface area contributed by atoms with E-state index in [-0.39, 0.29) is 18.4 Å². The van der Waals surface area contributed by atoms with Gasteiger partial charge in [-0.2, -0.15) is 0 Å². The Morgan fingerprint density at radius 2 is 1.89 bits per heavy atom. The Morgan fingerprint density at radius 3 is 2.32 bits per heavy atom. The first-order chi connectivity index (χ1) is 9.01. The van der Waals surface area contributed by atoms with Gasteiger partial charge in [-0.1, -0.05) is 13.8 Å². The molecule has 0 aliphatic heterocycles. The molecule has 0 fully saturated rings. The lowest BCUT2D eigenvalue weighted by Crippen LogP contribution is -2.42. The van der Waals surface area contributed by atoms with Crippen molar-refractivity contribution in [3.8, 4) is 0 Å². The van der Waals surface area contributed by atoms with Gasteiger partial charge < -0.3 is 14.2 Å². The molecule has 0 bridgehead atoms. The van der Waals surface area contributed by atoms with E-state index in [1.807, 2.05) is 20.8 Å². The Labute approximate surface area is 112 Å². The summed E-state index contributed by atoms with van der Waals surface area (Å²) < 4.78 is 6.26. The lowest BCUT2D eigenvalue weighted by atomic mass is 10.0. The number of methoxy groups -OCH3 is 1. The number of hydrogen-bond acceptors (Lipinski definition) is 5. The average Bonchev–Trinajstić information content (AvgIpc) is 2.88. The molecular formula is C12H20N4O3. The van der Waals surface area contributed by atoms with Crippen LogP contribution in [0.2, 0.25) is 0 Å². The molecule has 1 amide bonds. The summed E-state index contributed by atoms with van der Waals surface area (Å²) in [5.41, 5.74) is 0. The maximum Gasteiger partial charge on any atom is 0.325 e. The van der Waals surface area contributed by atoms with E-state index in [1.165, 1.54) is 24.7 Å². The van der Waals surface area contributed by atoms with Gasteiger partial charge in [0.1, 0.15) is 25.2 Å². The third-order valence-electron chi connectivity index (χ3n) is 2.88. The number of nitrogens with zero attached hydrogens (tertiary/aromatic N) is 4. The molecule has 1 heterocycles. The van der Waals surface area contributed by atoms with E-state index in [2.05, 4.69) is 14.9 Å². The highest BCUT2D eigenvalue weighted by Crippen LogP contribution is 2.19. The first kappa shape index (κ1) is 15.1. The molecule has 1 aromatic rings. The third-order valence-corrected chi connectivity index (χ3v) is 2.88. The minimum Gasteiger partial charge on any atom is -0.468 e. The molecule has 0 spiro atoms. The van der Waals surface area contributed by atoms with E-state index in [0.29, 0.717) is 6.54 Å². The second-order valence-corrected chi connectivity index (χ2v) is 4.53. The molecule has 106 valence electrons. The van der Waals surface area contributed by atoms with E-state index in [9.17, 15) is 9.59 Å². The second-order valence-electron chi connectivity index (χ2n) is 4.53. The second kappa shape index (κ2) is 6.86. The van der Waals surface area contributed by atoms with Gasteiger partial charge in [-0.3, -0.25) is 9.59 Å². The normalized spacial score (nSPS) is 12.3. The van der Waals surface area contributed by atoms with Gasteiger partial charge in [-0.25, -0.2) is 0 Å². The molecule has 19 heavy (non-hydrogen) atoms. The van der Waals surface area contributed by atoms with E-state index >= 15 is 0 Å². The highest BCUT2D eigenvalue weighted by molar-refractivity contribution is 5.84. The predicted molar refractivity (Wildman–Crippen MR) is 68.2 cm³/mol. The summed E-state index contributed by atoms with van der Waals surface area (Å²) in [6, 6.07) is -0.417. The van der Waals surface area contributed by atoms with E-state index in [1.54, 1.807) is 4.57 Å². The number of ether oxygens (including phenoxy) is 1. The van der Waals surface area contributed by atoms with Crippen LogP contribution in [0.15, 0.2) is 12.7 Å². The van der Waals surface area contributed by atoms with Gasteiger partial charge in [-0.15, -0.1) is 10.2 Å². The Kier molecular flexibility index (Phi) is 5.47. The Hall–Kier alpha value is -1.92. The fourth-order valence-electron chi connectivity index (χ4n) is 1.86. The minimum absolute atomic E-state index is 0.0445. The molecule has 0 saturated heterocycles. The molecule has 1 unspecified atom stereocenters. The monoisotopic (exact) mass is 268 g/mol. The van der Waals surface area contributed by atoms with Crippen LogP contribution in [0.1, 0.15) is 26.8 Å². The zero-order valence-electron chi connectivity index (χ0n) is 11.7. The molecule has 0 radical (unpaired) electrons. The molecule has 0 aliphatic carbocycles. The van der Waals surface area contributed by atoms with Crippen molar-refractivity contribution >= 4 is 11.9 Å². The van der Waals surface area contributed by atoms with Crippen LogP contribution < -0.4 is 0 Å². The maximum absolute atomic E-state index is 12.5. The summed E-state index contributed by atoms with van der Waals surface area (Å²) in [5.74, 6) is -0.501. The number of carbonyl (C=O) groups excluding carboxylic acids is 2. The summed E-state index contributed by atoms with van der Waals surface area (Å²) in [5, 5.41) is 7.44. The summed E-state index contributed by atoms with van der Waals surface area (Å²) >= 11 is 0. The van der Waals surface area contributed by atoms with Crippen LogP contribution in [0.5, 0.6) is 0 Å². The first-order valence-electron chi connectivity index (χ1n) is 6.21. The molecule has 0 N–H and O–H groups in total. The van der Waals surface area contributed by atoms with Crippen LogP contribution in [0.25, 0.3) is 0 Å². The quantitative estimate of drug-likeness (QED) is 0.702. The lowest BCUT2D eigenvalue weighted by Gasteiger charge is -2.28. The van der Waals surface area contributed by atoms with Crippen LogP contribution in [-0.4, -0.2) is 51.7 Å². The van der Waals surface area contributed by atoms with Crippen LogP contribution in [0.4, 0.5) is 0 Å². The number of hydrogen-bond donors (Lipinski definition) is 0. The summed E-state index contributed by atoms with van der Waals surface area (Å²) in [7, 11) is 1.31. The number of carbonyl (C=O) groups is 2. The van der Waals surface area contributed by atoms with Crippen molar-refractivity contribution in [2.24, 2.45) is 5.92 Å². The van der Waals surface area contributed by atoms with Crippen molar-refractivity contribution in [1.29, 1.82) is 0 Å². The van der Waals surface area contributed by atoms with Crippen molar-refractivity contribution in [3.63, 3.8) is 0 Å². The van der Waals surface area contributed by atoms with Gasteiger partial charge in [0.15, 0.2) is 0 Å².